The van der Waals surface area contributed by atoms with Crippen LogP contribution in [0.15, 0.2) is 156 Å². The number of fused-ring (bicyclic) bond motifs is 3. The second-order valence-electron chi connectivity index (χ2n) is 16.4. The smallest absolute Gasteiger partial charge is 0.120 e. The standard InChI is InChI=1S/C28H29N2.C28H24NO.Ir/c1-19(2)24-12-9-13-25(20(3)4)27(24)30-17-16-29-28(30)23-15-14-21(5)26(18-23)22-10-7-6-8-11-22;1-28(2,3)18-19-11-13-20(14-12-19)21-15-16-29-25(17-21)24-9-6-8-23-22-7-4-5-10-26(22)30-27(23)24;/h6-14,16-20H,1-5H3;4-8,10-17H,18H2,1-3H3;/q2*-1;/i5D3,19D,20D;18D2;. The molecule has 0 aliphatic rings. The average molecular weight is 983 g/mol. The molecule has 0 aliphatic heterocycles. The number of rotatable bonds is 8. The fourth-order valence-electron chi connectivity index (χ4n) is 7.58. The molecule has 61 heavy (non-hydrogen) atoms. The fraction of sp³-hybridized carbons (Fsp3) is 0.214. The van der Waals surface area contributed by atoms with E-state index in [-0.39, 0.29) is 25.7 Å². The molecule has 0 bridgehead atoms. The van der Waals surface area contributed by atoms with Gasteiger partial charge in [-0.3, -0.25) is 4.98 Å². The fourth-order valence-corrected chi connectivity index (χ4v) is 7.58. The number of furan rings is 1. The molecule has 9 aromatic rings. The number of hydrogen-bond acceptors (Lipinski definition) is 3. The van der Waals surface area contributed by atoms with E-state index in [2.05, 4.69) is 28.2 Å². The summed E-state index contributed by atoms with van der Waals surface area (Å²) in [7, 11) is 0. The molecular weight excluding hydrogens is 923 g/mol. The molecule has 4 nitrogen and oxygen atoms in total. The Kier molecular flexibility index (Phi) is 10.5. The van der Waals surface area contributed by atoms with Gasteiger partial charge in [-0.2, -0.15) is 0 Å². The van der Waals surface area contributed by atoms with Crippen molar-refractivity contribution in [3.05, 3.63) is 186 Å². The minimum absolute atomic E-state index is 0. The van der Waals surface area contributed by atoms with Crippen LogP contribution in [-0.4, -0.2) is 14.5 Å². The maximum atomic E-state index is 8.77. The monoisotopic (exact) mass is 983 g/mol. The quantitative estimate of drug-likeness (QED) is 0.143. The first kappa shape index (κ1) is 34.8. The number of imidazole rings is 1. The Morgan fingerprint density at radius 2 is 1.46 bits per heavy atom. The van der Waals surface area contributed by atoms with Gasteiger partial charge in [0.1, 0.15) is 5.58 Å². The Labute approximate surface area is 384 Å². The molecule has 309 valence electrons. The molecule has 3 aromatic heterocycles. The summed E-state index contributed by atoms with van der Waals surface area (Å²) in [6.45, 7) is 10.8. The van der Waals surface area contributed by atoms with Gasteiger partial charge in [0.25, 0.3) is 0 Å². The molecule has 0 N–H and O–H groups in total. The van der Waals surface area contributed by atoms with Crippen LogP contribution >= 0.6 is 0 Å². The number of aromatic nitrogens is 3. The molecule has 0 fully saturated rings. The van der Waals surface area contributed by atoms with Gasteiger partial charge >= 0.3 is 0 Å². The van der Waals surface area contributed by atoms with Crippen LogP contribution in [0.2, 0.25) is 0 Å². The second kappa shape index (κ2) is 18.4. The van der Waals surface area contributed by atoms with Gasteiger partial charge in [0, 0.05) is 59.4 Å². The van der Waals surface area contributed by atoms with E-state index < -0.39 is 30.4 Å². The maximum absolute atomic E-state index is 8.77. The zero-order valence-electron chi connectivity index (χ0n) is 42.5. The van der Waals surface area contributed by atoms with Gasteiger partial charge in [0.05, 0.1) is 11.4 Å². The van der Waals surface area contributed by atoms with E-state index in [0.29, 0.717) is 22.5 Å². The molecule has 0 aliphatic carbocycles. The van der Waals surface area contributed by atoms with Crippen molar-refractivity contribution in [2.45, 2.75) is 73.5 Å². The zero-order valence-corrected chi connectivity index (χ0v) is 37.9. The summed E-state index contributed by atoms with van der Waals surface area (Å²) in [6.07, 6.45) is 3.88. The molecule has 1 radical (unpaired) electrons. The molecule has 0 atom stereocenters. The van der Waals surface area contributed by atoms with Crippen LogP contribution in [0.1, 0.15) is 92.1 Å². The van der Waals surface area contributed by atoms with Gasteiger partial charge in [-0.15, -0.1) is 47.5 Å². The normalized spacial score (nSPS) is 14.0. The van der Waals surface area contributed by atoms with E-state index in [0.717, 1.165) is 66.7 Å². The van der Waals surface area contributed by atoms with Gasteiger partial charge in [-0.25, -0.2) is 0 Å². The number of para-hydroxylation sites is 2. The van der Waals surface area contributed by atoms with Crippen molar-refractivity contribution in [3.8, 4) is 50.6 Å². The summed E-state index contributed by atoms with van der Waals surface area (Å²) in [5, 5.41) is 2.13. The first-order valence-corrected chi connectivity index (χ1v) is 20.2. The van der Waals surface area contributed by atoms with Gasteiger partial charge in [0.2, 0.25) is 0 Å². The topological polar surface area (TPSA) is 43.9 Å². The van der Waals surface area contributed by atoms with E-state index in [4.69, 9.17) is 14.0 Å². The van der Waals surface area contributed by atoms with E-state index in [1.54, 1.807) is 12.4 Å². The summed E-state index contributed by atoms with van der Waals surface area (Å²) in [6, 6.07) is 48.6. The third kappa shape index (κ3) is 9.39. The number of pyridine rings is 1. The summed E-state index contributed by atoms with van der Waals surface area (Å²) >= 11 is 0. The second-order valence-corrected chi connectivity index (χ2v) is 16.4. The van der Waals surface area contributed by atoms with Crippen molar-refractivity contribution in [1.82, 2.24) is 14.5 Å². The maximum Gasteiger partial charge on any atom is 0.120 e. The number of aryl methyl sites for hydroxylation is 1. The Morgan fingerprint density at radius 1 is 0.738 bits per heavy atom. The van der Waals surface area contributed by atoms with Gasteiger partial charge in [-0.1, -0.05) is 169 Å². The molecule has 0 unspecified atom stereocenters. The first-order chi connectivity index (χ1) is 31.5. The van der Waals surface area contributed by atoms with Crippen molar-refractivity contribution in [1.29, 1.82) is 0 Å². The van der Waals surface area contributed by atoms with E-state index in [9.17, 15) is 0 Å². The van der Waals surface area contributed by atoms with Crippen molar-refractivity contribution >= 4 is 21.9 Å². The van der Waals surface area contributed by atoms with Crippen LogP contribution in [0.25, 0.3) is 72.5 Å². The summed E-state index contributed by atoms with van der Waals surface area (Å²) in [4.78, 5) is 9.20. The first-order valence-electron chi connectivity index (χ1n) is 23.7. The number of benzene rings is 6. The minimum Gasteiger partial charge on any atom is -0.501 e. The van der Waals surface area contributed by atoms with E-state index in [1.807, 2.05) is 181 Å². The van der Waals surface area contributed by atoms with Gasteiger partial charge < -0.3 is 14.0 Å². The van der Waals surface area contributed by atoms with Crippen molar-refractivity contribution < 1.29 is 34.1 Å². The third-order valence-electron chi connectivity index (χ3n) is 10.4. The summed E-state index contributed by atoms with van der Waals surface area (Å²) < 4.78 is 66.7. The Balaban J connectivity index is 0.000000199. The summed E-state index contributed by atoms with van der Waals surface area (Å²) in [5.41, 5.74) is 10.0. The van der Waals surface area contributed by atoms with Crippen LogP contribution in [0.3, 0.4) is 0 Å². The largest absolute Gasteiger partial charge is 0.501 e. The Hall–Kier alpha value is -5.87. The van der Waals surface area contributed by atoms with Crippen LogP contribution < -0.4 is 0 Å². The molecule has 3 heterocycles. The molecule has 0 saturated heterocycles. The van der Waals surface area contributed by atoms with Crippen LogP contribution in [0.5, 0.6) is 0 Å². The number of hydrogen-bond donors (Lipinski definition) is 0. The van der Waals surface area contributed by atoms with Gasteiger partial charge in [-0.05, 0) is 74.8 Å². The molecule has 5 heteroatoms. The Morgan fingerprint density at radius 3 is 2.16 bits per heavy atom. The minimum atomic E-state index is -2.29. The van der Waals surface area contributed by atoms with Crippen LogP contribution in [-0.2, 0) is 26.5 Å². The summed E-state index contributed by atoms with van der Waals surface area (Å²) in [5.74, 6) is -1.26. The predicted octanol–water partition coefficient (Wildman–Crippen LogP) is 15.3. The van der Waals surface area contributed by atoms with Crippen molar-refractivity contribution in [2.24, 2.45) is 5.41 Å². The Bertz CT molecular complexity index is 3180. The van der Waals surface area contributed by atoms with Gasteiger partial charge in [0.15, 0.2) is 0 Å². The molecule has 9 rings (SSSR count). The predicted molar refractivity (Wildman–Crippen MR) is 251 cm³/mol. The molecule has 6 aromatic carbocycles. The molecule has 0 saturated carbocycles. The molecule has 0 amide bonds. The third-order valence-corrected chi connectivity index (χ3v) is 10.4. The SMILES string of the molecule is [2H]C([2H])([2H])c1c[c-]c(-c2nccn2-c2c(C([2H])(C)C)cccc2C([2H])(C)C)cc1-c1ccccc1.[2H]C([2H])(c1ccc(-c2ccnc(-c3[c-]ccc4c3oc3ccccc34)c2)cc1)C(C)(C)C.[Ir]. The molecule has 0 spiro atoms. The van der Waals surface area contributed by atoms with Crippen LogP contribution in [0, 0.1) is 24.4 Å². The van der Waals surface area contributed by atoms with Crippen molar-refractivity contribution in [2.75, 3.05) is 0 Å². The average Bonchev–Trinajstić information content (AvgIpc) is 3.94. The zero-order chi connectivity index (χ0) is 48.1. The van der Waals surface area contributed by atoms with Crippen molar-refractivity contribution in [3.63, 3.8) is 0 Å². The van der Waals surface area contributed by atoms with E-state index >= 15 is 0 Å². The van der Waals surface area contributed by atoms with E-state index in [1.165, 1.54) is 6.07 Å². The number of nitrogens with zero attached hydrogens (tertiary/aromatic N) is 3. The molecular formula is C56H53IrN3O-2. The van der Waals surface area contributed by atoms with Crippen LogP contribution in [0.4, 0.5) is 0 Å².